The molecule has 0 amide bonds. The number of hydrogen-bond acceptors (Lipinski definition) is 4. The van der Waals surface area contributed by atoms with Gasteiger partial charge in [-0.25, -0.2) is 0 Å². The van der Waals surface area contributed by atoms with E-state index in [1.165, 1.54) is 0 Å². The fourth-order valence-electron chi connectivity index (χ4n) is 1.55. The maximum absolute atomic E-state index is 9.20. The highest BCUT2D eigenvalue weighted by molar-refractivity contribution is 5.37. The van der Waals surface area contributed by atoms with Crippen molar-refractivity contribution < 1.29 is 14.9 Å². The van der Waals surface area contributed by atoms with Crippen molar-refractivity contribution in [3.8, 4) is 23.3 Å². The molecule has 2 N–H and O–H groups in total. The number of benzene rings is 1. The fraction of sp³-hybridized carbons (Fsp3) is 0.188. The fourth-order valence-corrected chi connectivity index (χ4v) is 1.55. The minimum atomic E-state index is 0.0530. The number of nitrogens with zero attached hydrogens (tertiary/aromatic N) is 1. The number of phenols is 1. The first kappa shape index (κ1) is 13.9. The highest BCUT2D eigenvalue weighted by atomic mass is 16.5. The molecule has 0 atom stereocenters. The summed E-state index contributed by atoms with van der Waals surface area (Å²) in [7, 11) is 0. The van der Waals surface area contributed by atoms with E-state index >= 15 is 0 Å². The molecule has 0 fully saturated rings. The molecule has 1 aromatic carbocycles. The van der Waals surface area contributed by atoms with Crippen LogP contribution in [0.2, 0.25) is 0 Å². The Morgan fingerprint density at radius 3 is 2.70 bits per heavy atom. The Morgan fingerprint density at radius 2 is 1.95 bits per heavy atom. The molecule has 4 nitrogen and oxygen atoms in total. The van der Waals surface area contributed by atoms with E-state index in [1.54, 1.807) is 42.7 Å². The third-order valence-electron chi connectivity index (χ3n) is 2.52. The summed E-state index contributed by atoms with van der Waals surface area (Å²) in [6.45, 7) is 0.451. The zero-order valence-corrected chi connectivity index (χ0v) is 10.9. The van der Waals surface area contributed by atoms with E-state index in [1.807, 2.05) is 0 Å². The van der Waals surface area contributed by atoms with Gasteiger partial charge in [-0.3, -0.25) is 4.98 Å². The predicted octanol–water partition coefficient (Wildman–Crippen LogP) is 2.10. The molecule has 0 spiro atoms. The Labute approximate surface area is 117 Å². The molecular formula is C16H15NO3. The Kier molecular flexibility index (Phi) is 4.99. The van der Waals surface area contributed by atoms with Crippen LogP contribution in [-0.4, -0.2) is 21.8 Å². The second kappa shape index (κ2) is 7.17. The smallest absolute Gasteiger partial charge is 0.139 e. The zero-order valence-electron chi connectivity index (χ0n) is 10.9. The normalized spacial score (nSPS) is 9.65. The van der Waals surface area contributed by atoms with E-state index in [4.69, 9.17) is 9.84 Å². The second-order valence-corrected chi connectivity index (χ2v) is 4.14. The first-order chi connectivity index (χ1) is 9.78. The number of aromatic nitrogens is 1. The van der Waals surface area contributed by atoms with Gasteiger partial charge in [-0.2, -0.15) is 0 Å². The van der Waals surface area contributed by atoms with Crippen LogP contribution in [0.15, 0.2) is 42.7 Å². The van der Waals surface area contributed by atoms with Crippen molar-refractivity contribution in [3.63, 3.8) is 0 Å². The molecule has 0 aliphatic rings. The minimum Gasteiger partial charge on any atom is -0.508 e. The number of ether oxygens (including phenoxy) is 1. The van der Waals surface area contributed by atoms with Gasteiger partial charge in [-0.15, -0.1) is 0 Å². The van der Waals surface area contributed by atoms with Crippen LogP contribution in [0.1, 0.15) is 17.5 Å². The molecule has 0 aliphatic carbocycles. The van der Waals surface area contributed by atoms with E-state index in [2.05, 4.69) is 16.8 Å². The van der Waals surface area contributed by atoms with Gasteiger partial charge in [0, 0.05) is 18.2 Å². The van der Waals surface area contributed by atoms with Crippen LogP contribution in [0.4, 0.5) is 0 Å². The molecule has 0 saturated carbocycles. The van der Waals surface area contributed by atoms with E-state index < -0.39 is 0 Å². The number of phenolic OH excluding ortho intramolecular Hbond substituents is 1. The largest absolute Gasteiger partial charge is 0.508 e. The Balaban J connectivity index is 1.98. The monoisotopic (exact) mass is 269 g/mol. The third kappa shape index (κ3) is 4.30. The molecule has 2 aromatic rings. The van der Waals surface area contributed by atoms with E-state index in [0.717, 1.165) is 11.1 Å². The Bertz CT molecular complexity index is 612. The van der Waals surface area contributed by atoms with Gasteiger partial charge < -0.3 is 14.9 Å². The molecule has 1 aromatic heterocycles. The lowest BCUT2D eigenvalue weighted by molar-refractivity contribution is 0.304. The SMILES string of the molecule is OCCC#Cc1cncc(OCc2ccc(O)cc2)c1. The number of pyridine rings is 1. The van der Waals surface area contributed by atoms with Crippen molar-refractivity contribution in [2.24, 2.45) is 0 Å². The van der Waals surface area contributed by atoms with Crippen molar-refractivity contribution >= 4 is 0 Å². The molecule has 0 aliphatic heterocycles. The topological polar surface area (TPSA) is 62.6 Å². The number of aliphatic hydroxyl groups is 1. The molecule has 2 rings (SSSR count). The molecule has 0 bridgehead atoms. The zero-order chi connectivity index (χ0) is 14.2. The van der Waals surface area contributed by atoms with Crippen LogP contribution in [0.25, 0.3) is 0 Å². The van der Waals surface area contributed by atoms with Crippen LogP contribution in [0, 0.1) is 11.8 Å². The van der Waals surface area contributed by atoms with Gasteiger partial charge in [0.25, 0.3) is 0 Å². The standard InChI is InChI=1S/C16H15NO3/c18-8-2-1-3-14-9-16(11-17-10-14)20-12-13-4-6-15(19)7-5-13/h4-7,9-11,18-19H,2,8,12H2. The van der Waals surface area contributed by atoms with Crippen molar-refractivity contribution in [1.29, 1.82) is 0 Å². The van der Waals surface area contributed by atoms with Crippen LogP contribution in [0.5, 0.6) is 11.5 Å². The van der Waals surface area contributed by atoms with Gasteiger partial charge in [0.1, 0.15) is 18.1 Å². The summed E-state index contributed by atoms with van der Waals surface area (Å²) in [6, 6.07) is 8.64. The number of aliphatic hydroxyl groups excluding tert-OH is 1. The molecule has 102 valence electrons. The summed E-state index contributed by atoms with van der Waals surface area (Å²) in [6.07, 6.45) is 3.72. The van der Waals surface area contributed by atoms with Crippen LogP contribution in [0.3, 0.4) is 0 Å². The lowest BCUT2D eigenvalue weighted by Crippen LogP contribution is -1.96. The predicted molar refractivity (Wildman–Crippen MR) is 75.3 cm³/mol. The Hall–Kier alpha value is -2.51. The maximum atomic E-state index is 9.20. The van der Waals surface area contributed by atoms with Crippen LogP contribution in [-0.2, 0) is 6.61 Å². The van der Waals surface area contributed by atoms with Crippen molar-refractivity contribution in [2.75, 3.05) is 6.61 Å². The first-order valence-corrected chi connectivity index (χ1v) is 6.23. The summed E-state index contributed by atoms with van der Waals surface area (Å²) >= 11 is 0. The Morgan fingerprint density at radius 1 is 1.15 bits per heavy atom. The molecule has 0 radical (unpaired) electrons. The van der Waals surface area contributed by atoms with Crippen molar-refractivity contribution in [2.45, 2.75) is 13.0 Å². The molecule has 4 heteroatoms. The lowest BCUT2D eigenvalue weighted by Gasteiger charge is -2.06. The van der Waals surface area contributed by atoms with Gasteiger partial charge in [-0.05, 0) is 23.8 Å². The quantitative estimate of drug-likeness (QED) is 0.834. The molecule has 20 heavy (non-hydrogen) atoms. The molecule has 1 heterocycles. The lowest BCUT2D eigenvalue weighted by atomic mass is 10.2. The van der Waals surface area contributed by atoms with E-state index in [0.29, 0.717) is 18.8 Å². The van der Waals surface area contributed by atoms with E-state index in [-0.39, 0.29) is 12.4 Å². The highest BCUT2D eigenvalue weighted by Crippen LogP contribution is 2.15. The summed E-state index contributed by atoms with van der Waals surface area (Å²) in [5.74, 6) is 6.61. The number of rotatable bonds is 4. The first-order valence-electron chi connectivity index (χ1n) is 6.23. The highest BCUT2D eigenvalue weighted by Gasteiger charge is 1.98. The van der Waals surface area contributed by atoms with Gasteiger partial charge in [0.05, 0.1) is 12.8 Å². The van der Waals surface area contributed by atoms with Crippen molar-refractivity contribution in [3.05, 3.63) is 53.9 Å². The van der Waals surface area contributed by atoms with Gasteiger partial charge in [-0.1, -0.05) is 24.0 Å². The van der Waals surface area contributed by atoms with Gasteiger partial charge in [0.2, 0.25) is 0 Å². The summed E-state index contributed by atoms with van der Waals surface area (Å²) in [5.41, 5.74) is 1.71. The summed E-state index contributed by atoms with van der Waals surface area (Å²) in [4.78, 5) is 4.06. The van der Waals surface area contributed by atoms with Gasteiger partial charge >= 0.3 is 0 Å². The van der Waals surface area contributed by atoms with Crippen molar-refractivity contribution in [1.82, 2.24) is 4.98 Å². The van der Waals surface area contributed by atoms with Gasteiger partial charge in [0.15, 0.2) is 0 Å². The molecule has 0 saturated heterocycles. The molecular weight excluding hydrogens is 254 g/mol. The average molecular weight is 269 g/mol. The van der Waals surface area contributed by atoms with E-state index in [9.17, 15) is 5.11 Å². The van der Waals surface area contributed by atoms with Crippen LogP contribution < -0.4 is 4.74 Å². The third-order valence-corrected chi connectivity index (χ3v) is 2.52. The number of aromatic hydroxyl groups is 1. The summed E-state index contributed by atoms with van der Waals surface area (Å²) < 4.78 is 5.62. The van der Waals surface area contributed by atoms with Crippen LogP contribution >= 0.6 is 0 Å². The molecule has 0 unspecified atom stereocenters. The minimum absolute atomic E-state index is 0.0530. The number of hydrogen-bond donors (Lipinski definition) is 2. The second-order valence-electron chi connectivity index (χ2n) is 4.14. The summed E-state index contributed by atoms with van der Waals surface area (Å²) in [5, 5.41) is 17.9. The maximum Gasteiger partial charge on any atom is 0.139 e. The average Bonchev–Trinajstić information content (AvgIpc) is 2.47.